The molecule has 0 spiro atoms. The highest BCUT2D eigenvalue weighted by Crippen LogP contribution is 2.27. The molecule has 0 N–H and O–H groups in total. The fourth-order valence-corrected chi connectivity index (χ4v) is 0.996. The van der Waals surface area contributed by atoms with Crippen LogP contribution < -0.4 is 9.47 Å². The van der Waals surface area contributed by atoms with E-state index >= 15 is 0 Å². The first kappa shape index (κ1) is 10.1. The second-order valence-electron chi connectivity index (χ2n) is 2.52. The monoisotopic (exact) mass is 190 g/mol. The van der Waals surface area contributed by atoms with Crippen LogP contribution in [0.1, 0.15) is 10.4 Å². The summed E-state index contributed by atoms with van der Waals surface area (Å²) in [6.07, 6.45) is 5.80. The van der Waals surface area contributed by atoms with Crippen LogP contribution in [0.4, 0.5) is 0 Å². The quantitative estimate of drug-likeness (QED) is 0.533. The van der Waals surface area contributed by atoms with Gasteiger partial charge in [-0.25, -0.2) is 0 Å². The summed E-state index contributed by atoms with van der Waals surface area (Å²) in [4.78, 5) is 10.5. The molecule has 0 saturated carbocycles. The molecule has 1 aromatic carbocycles. The summed E-state index contributed by atoms with van der Waals surface area (Å²) in [6.45, 7) is 0.177. The van der Waals surface area contributed by atoms with E-state index in [0.29, 0.717) is 17.1 Å². The van der Waals surface area contributed by atoms with Gasteiger partial charge in [-0.15, -0.1) is 6.42 Å². The molecule has 3 heteroatoms. The van der Waals surface area contributed by atoms with Crippen LogP contribution in [0.15, 0.2) is 18.2 Å². The maximum Gasteiger partial charge on any atom is 0.162 e. The Hall–Kier alpha value is -1.95. The molecule has 14 heavy (non-hydrogen) atoms. The number of hydrogen-bond donors (Lipinski definition) is 0. The van der Waals surface area contributed by atoms with Gasteiger partial charge in [0.15, 0.2) is 11.5 Å². The zero-order chi connectivity index (χ0) is 10.4. The van der Waals surface area contributed by atoms with Crippen molar-refractivity contribution in [1.82, 2.24) is 0 Å². The molecule has 0 aromatic heterocycles. The van der Waals surface area contributed by atoms with Gasteiger partial charge in [-0.1, -0.05) is 5.92 Å². The van der Waals surface area contributed by atoms with Gasteiger partial charge in [-0.05, 0) is 18.2 Å². The topological polar surface area (TPSA) is 35.5 Å². The number of hydrogen-bond acceptors (Lipinski definition) is 3. The Morgan fingerprint density at radius 1 is 1.50 bits per heavy atom. The first-order valence-corrected chi connectivity index (χ1v) is 4.01. The Balaban J connectivity index is 2.94. The Morgan fingerprint density at radius 2 is 2.29 bits per heavy atom. The van der Waals surface area contributed by atoms with Crippen molar-refractivity contribution in [3.05, 3.63) is 23.8 Å². The van der Waals surface area contributed by atoms with Crippen molar-refractivity contribution in [2.45, 2.75) is 0 Å². The number of terminal acetylenes is 1. The first-order chi connectivity index (χ1) is 6.81. The van der Waals surface area contributed by atoms with Crippen molar-refractivity contribution in [2.24, 2.45) is 0 Å². The smallest absolute Gasteiger partial charge is 0.162 e. The zero-order valence-electron chi connectivity index (χ0n) is 7.82. The number of benzene rings is 1. The Morgan fingerprint density at radius 3 is 2.86 bits per heavy atom. The molecule has 0 aliphatic carbocycles. The summed E-state index contributed by atoms with van der Waals surface area (Å²) in [7, 11) is 1.51. The number of ether oxygens (including phenoxy) is 2. The van der Waals surface area contributed by atoms with Gasteiger partial charge in [0.05, 0.1) is 7.11 Å². The number of carbonyl (C=O) groups excluding carboxylic acids is 1. The molecule has 1 aromatic rings. The lowest BCUT2D eigenvalue weighted by atomic mass is 10.2. The Bertz CT molecular complexity index is 363. The molecule has 0 heterocycles. The maximum absolute atomic E-state index is 10.5. The van der Waals surface area contributed by atoms with Gasteiger partial charge in [0.25, 0.3) is 0 Å². The van der Waals surface area contributed by atoms with E-state index in [9.17, 15) is 4.79 Å². The first-order valence-electron chi connectivity index (χ1n) is 4.01. The molecule has 0 saturated heterocycles. The summed E-state index contributed by atoms with van der Waals surface area (Å²) in [5.41, 5.74) is 0.537. The number of methoxy groups -OCH3 is 1. The third kappa shape index (κ3) is 2.27. The van der Waals surface area contributed by atoms with Crippen molar-refractivity contribution in [3.63, 3.8) is 0 Å². The van der Waals surface area contributed by atoms with E-state index in [0.717, 1.165) is 6.29 Å². The third-order valence-corrected chi connectivity index (χ3v) is 1.63. The van der Waals surface area contributed by atoms with Gasteiger partial charge in [0.1, 0.15) is 12.9 Å². The van der Waals surface area contributed by atoms with Gasteiger partial charge in [0, 0.05) is 5.56 Å². The van der Waals surface area contributed by atoms with Gasteiger partial charge in [0.2, 0.25) is 0 Å². The molecule has 0 aliphatic heterocycles. The standard InChI is InChI=1S/C11H10O3/c1-3-6-14-10-5-4-9(8-12)7-11(10)13-2/h1,4-5,7-8H,6H2,2H3. The van der Waals surface area contributed by atoms with Crippen molar-refractivity contribution < 1.29 is 14.3 Å². The molecule has 72 valence electrons. The van der Waals surface area contributed by atoms with E-state index in [1.807, 2.05) is 0 Å². The average molecular weight is 190 g/mol. The molecule has 0 aliphatic rings. The van der Waals surface area contributed by atoms with E-state index in [-0.39, 0.29) is 6.61 Å². The van der Waals surface area contributed by atoms with Crippen LogP contribution in [-0.2, 0) is 0 Å². The number of aldehydes is 1. The van der Waals surface area contributed by atoms with Gasteiger partial charge in [-0.3, -0.25) is 4.79 Å². The zero-order valence-corrected chi connectivity index (χ0v) is 7.82. The number of rotatable bonds is 4. The summed E-state index contributed by atoms with van der Waals surface area (Å²) >= 11 is 0. The van der Waals surface area contributed by atoms with Gasteiger partial charge < -0.3 is 9.47 Å². The highest BCUT2D eigenvalue weighted by atomic mass is 16.5. The van der Waals surface area contributed by atoms with E-state index in [1.54, 1.807) is 18.2 Å². The van der Waals surface area contributed by atoms with E-state index in [1.165, 1.54) is 7.11 Å². The van der Waals surface area contributed by atoms with Crippen molar-refractivity contribution in [3.8, 4) is 23.8 Å². The minimum absolute atomic E-state index is 0.177. The summed E-state index contributed by atoms with van der Waals surface area (Å²) in [5.74, 6) is 3.39. The second-order valence-corrected chi connectivity index (χ2v) is 2.52. The van der Waals surface area contributed by atoms with Crippen molar-refractivity contribution in [1.29, 1.82) is 0 Å². The van der Waals surface area contributed by atoms with E-state index in [2.05, 4.69) is 5.92 Å². The Kier molecular flexibility index (Phi) is 3.57. The minimum Gasteiger partial charge on any atom is -0.493 e. The molecule has 1 rings (SSSR count). The van der Waals surface area contributed by atoms with Gasteiger partial charge in [-0.2, -0.15) is 0 Å². The fourth-order valence-electron chi connectivity index (χ4n) is 0.996. The molecule has 0 atom stereocenters. The van der Waals surface area contributed by atoms with Gasteiger partial charge >= 0.3 is 0 Å². The van der Waals surface area contributed by atoms with Crippen molar-refractivity contribution >= 4 is 6.29 Å². The normalized spacial score (nSPS) is 8.86. The third-order valence-electron chi connectivity index (χ3n) is 1.63. The van der Waals surface area contributed by atoms with Crippen LogP contribution in [0.2, 0.25) is 0 Å². The molecule has 0 amide bonds. The van der Waals surface area contributed by atoms with Crippen LogP contribution in [0.3, 0.4) is 0 Å². The van der Waals surface area contributed by atoms with Crippen LogP contribution in [0.5, 0.6) is 11.5 Å². The summed E-state index contributed by atoms with van der Waals surface area (Å²) in [6, 6.07) is 4.89. The average Bonchev–Trinajstić information content (AvgIpc) is 2.26. The molecular formula is C11H10O3. The molecule has 0 fully saturated rings. The molecule has 0 bridgehead atoms. The second kappa shape index (κ2) is 4.93. The summed E-state index contributed by atoms with van der Waals surface area (Å²) in [5, 5.41) is 0. The molecule has 0 unspecified atom stereocenters. The van der Waals surface area contributed by atoms with Crippen LogP contribution in [0, 0.1) is 12.3 Å². The lowest BCUT2D eigenvalue weighted by Gasteiger charge is -2.08. The van der Waals surface area contributed by atoms with Crippen LogP contribution in [-0.4, -0.2) is 20.0 Å². The predicted octanol–water partition coefficient (Wildman–Crippen LogP) is 1.52. The van der Waals surface area contributed by atoms with E-state index in [4.69, 9.17) is 15.9 Å². The predicted molar refractivity (Wildman–Crippen MR) is 52.7 cm³/mol. The molecule has 0 radical (unpaired) electrons. The lowest BCUT2D eigenvalue weighted by Crippen LogP contribution is -1.97. The Labute approximate surface area is 82.6 Å². The largest absolute Gasteiger partial charge is 0.493 e. The SMILES string of the molecule is C#CCOc1ccc(C=O)cc1OC. The van der Waals surface area contributed by atoms with Crippen LogP contribution >= 0.6 is 0 Å². The number of carbonyl (C=O) groups is 1. The minimum atomic E-state index is 0.177. The highest BCUT2D eigenvalue weighted by molar-refractivity contribution is 5.76. The fraction of sp³-hybridized carbons (Fsp3) is 0.182. The van der Waals surface area contributed by atoms with Crippen LogP contribution in [0.25, 0.3) is 0 Å². The lowest BCUT2D eigenvalue weighted by molar-refractivity contribution is 0.112. The summed E-state index contributed by atoms with van der Waals surface area (Å²) < 4.78 is 10.2. The van der Waals surface area contributed by atoms with E-state index < -0.39 is 0 Å². The van der Waals surface area contributed by atoms with Crippen molar-refractivity contribution in [2.75, 3.05) is 13.7 Å². The highest BCUT2D eigenvalue weighted by Gasteiger charge is 2.04. The molecular weight excluding hydrogens is 180 g/mol. The maximum atomic E-state index is 10.5. The molecule has 3 nitrogen and oxygen atoms in total.